The molecule has 2 atom stereocenters. The minimum absolute atomic E-state index is 0.122. The molecule has 0 spiro atoms. The molecule has 12 heteroatoms. The standard InChI is InChI=1S/C36H47N7O4S/c1-9-28(41-32(44)46-34(2,3)4)21-40-31-38-19-27(20-39-31)25-12-11-24-18-26(14-13-23(24)17-25)29-22-37-30(42-29)36(48-8)15-10-16-43(36)33(45)47-35(5,6)7/h11-14,17-20,22,28H,9-10,15-16,21H2,1-8H3,(H,37,42)(H,41,44)(H,38,39,40). The van der Waals surface area contributed by atoms with Gasteiger partial charge in [-0.25, -0.2) is 24.5 Å². The van der Waals surface area contributed by atoms with Gasteiger partial charge in [-0.15, -0.1) is 11.8 Å². The van der Waals surface area contributed by atoms with Crippen LogP contribution in [0.2, 0.25) is 0 Å². The van der Waals surface area contributed by atoms with E-state index in [9.17, 15) is 9.59 Å². The van der Waals surface area contributed by atoms with Crippen molar-refractivity contribution in [1.29, 1.82) is 0 Å². The Hall–Kier alpha value is -4.32. The molecular formula is C36H47N7O4S. The van der Waals surface area contributed by atoms with Crippen molar-refractivity contribution in [2.75, 3.05) is 24.7 Å². The fourth-order valence-electron chi connectivity index (χ4n) is 5.72. The van der Waals surface area contributed by atoms with Crippen molar-refractivity contribution in [2.45, 2.75) is 89.8 Å². The minimum Gasteiger partial charge on any atom is -0.444 e. The van der Waals surface area contributed by atoms with Gasteiger partial charge in [0, 0.05) is 42.7 Å². The largest absolute Gasteiger partial charge is 0.444 e. The number of nitrogens with one attached hydrogen (secondary N) is 3. The van der Waals surface area contributed by atoms with E-state index in [-0.39, 0.29) is 12.1 Å². The van der Waals surface area contributed by atoms with Crippen molar-refractivity contribution in [1.82, 2.24) is 30.2 Å². The van der Waals surface area contributed by atoms with Crippen LogP contribution in [-0.2, 0) is 14.3 Å². The second-order valence-electron chi connectivity index (χ2n) is 14.1. The molecule has 1 aliphatic heterocycles. The Morgan fingerprint density at radius 3 is 2.21 bits per heavy atom. The number of alkyl carbamates (subject to hydrolysis) is 1. The number of likely N-dealkylation sites (tertiary alicyclic amines) is 1. The van der Waals surface area contributed by atoms with Crippen molar-refractivity contribution in [3.63, 3.8) is 0 Å². The Kier molecular flexibility index (Phi) is 10.2. The number of fused-ring (bicyclic) bond motifs is 1. The molecule has 0 radical (unpaired) electrons. The Morgan fingerprint density at radius 1 is 0.938 bits per heavy atom. The summed E-state index contributed by atoms with van der Waals surface area (Å²) >= 11 is 1.61. The molecule has 2 aromatic carbocycles. The summed E-state index contributed by atoms with van der Waals surface area (Å²) < 4.78 is 11.1. The second-order valence-corrected chi connectivity index (χ2v) is 15.2. The highest BCUT2D eigenvalue weighted by Crippen LogP contribution is 2.46. The summed E-state index contributed by atoms with van der Waals surface area (Å²) in [5.74, 6) is 1.24. The number of amides is 2. The number of H-pyrrole nitrogens is 1. The molecule has 5 rings (SSSR count). The van der Waals surface area contributed by atoms with Crippen LogP contribution in [0.5, 0.6) is 0 Å². The van der Waals surface area contributed by atoms with Crippen LogP contribution in [-0.4, -0.2) is 73.6 Å². The van der Waals surface area contributed by atoms with Crippen LogP contribution in [0.25, 0.3) is 33.2 Å². The third-order valence-electron chi connectivity index (χ3n) is 8.09. The summed E-state index contributed by atoms with van der Waals surface area (Å²) in [6.07, 6.45) is 9.11. The number of aromatic nitrogens is 4. The molecule has 11 nitrogen and oxygen atoms in total. The molecule has 4 aromatic rings. The lowest BCUT2D eigenvalue weighted by atomic mass is 10.0. The van der Waals surface area contributed by atoms with Crippen LogP contribution < -0.4 is 10.6 Å². The topological polar surface area (TPSA) is 134 Å². The SMILES string of the molecule is CCC(CNc1ncc(-c2ccc3cc(-c4cnc(C5(SC)CCCN5C(=O)OC(C)(C)C)[nH]4)ccc3c2)cn1)NC(=O)OC(C)(C)C. The average Bonchev–Trinajstić information content (AvgIpc) is 3.70. The molecule has 256 valence electrons. The number of imidazole rings is 1. The molecule has 1 fully saturated rings. The minimum atomic E-state index is -0.603. The van der Waals surface area contributed by atoms with E-state index in [1.54, 1.807) is 24.2 Å². The average molecular weight is 674 g/mol. The number of thioether (sulfide) groups is 1. The van der Waals surface area contributed by atoms with Crippen molar-refractivity contribution in [3.05, 3.63) is 60.8 Å². The highest BCUT2D eigenvalue weighted by atomic mass is 32.2. The summed E-state index contributed by atoms with van der Waals surface area (Å²) in [7, 11) is 0. The zero-order valence-electron chi connectivity index (χ0n) is 29.1. The fourth-order valence-corrected chi connectivity index (χ4v) is 6.75. The van der Waals surface area contributed by atoms with Gasteiger partial charge in [-0.1, -0.05) is 31.2 Å². The van der Waals surface area contributed by atoms with Crippen molar-refractivity contribution in [3.8, 4) is 22.4 Å². The normalized spacial score (nSPS) is 17.3. The van der Waals surface area contributed by atoms with Gasteiger partial charge in [0.2, 0.25) is 5.95 Å². The molecule has 2 aromatic heterocycles. The molecule has 0 saturated carbocycles. The Morgan fingerprint density at radius 2 is 1.58 bits per heavy atom. The monoisotopic (exact) mass is 673 g/mol. The first kappa shape index (κ1) is 35.0. The molecule has 3 heterocycles. The second kappa shape index (κ2) is 14.0. The molecule has 1 saturated heterocycles. The highest BCUT2D eigenvalue weighted by molar-refractivity contribution is 7.99. The third kappa shape index (κ3) is 8.21. The number of carbonyl (C=O) groups is 2. The van der Waals surface area contributed by atoms with Crippen molar-refractivity contribution in [2.24, 2.45) is 0 Å². The molecule has 3 N–H and O–H groups in total. The van der Waals surface area contributed by atoms with E-state index >= 15 is 0 Å². The zero-order chi connectivity index (χ0) is 34.7. The van der Waals surface area contributed by atoms with Crippen molar-refractivity contribution < 1.29 is 19.1 Å². The van der Waals surface area contributed by atoms with E-state index in [2.05, 4.69) is 62.0 Å². The van der Waals surface area contributed by atoms with Gasteiger partial charge < -0.3 is 25.1 Å². The van der Waals surface area contributed by atoms with Gasteiger partial charge >= 0.3 is 12.2 Å². The predicted molar refractivity (Wildman–Crippen MR) is 192 cm³/mol. The smallest absolute Gasteiger partial charge is 0.411 e. The maximum Gasteiger partial charge on any atom is 0.411 e. The third-order valence-corrected chi connectivity index (χ3v) is 9.38. The van der Waals surface area contributed by atoms with Crippen molar-refractivity contribution >= 4 is 40.7 Å². The number of rotatable bonds is 9. The van der Waals surface area contributed by atoms with E-state index in [0.717, 1.165) is 58.2 Å². The van der Waals surface area contributed by atoms with E-state index in [1.165, 1.54) is 0 Å². The molecule has 0 aliphatic carbocycles. The quantitative estimate of drug-likeness (QED) is 0.162. The van der Waals surface area contributed by atoms with Crippen LogP contribution in [0.1, 0.15) is 73.6 Å². The lowest BCUT2D eigenvalue weighted by molar-refractivity contribution is 0.0183. The Labute approximate surface area is 287 Å². The molecule has 48 heavy (non-hydrogen) atoms. The number of nitrogens with zero attached hydrogens (tertiary/aromatic N) is 4. The van der Waals surface area contributed by atoms with Gasteiger partial charge in [0.05, 0.1) is 11.9 Å². The number of aromatic amines is 1. The summed E-state index contributed by atoms with van der Waals surface area (Å²) in [5, 5.41) is 8.27. The van der Waals surface area contributed by atoms with E-state index in [1.807, 2.05) is 65.8 Å². The van der Waals surface area contributed by atoms with Gasteiger partial charge in [0.1, 0.15) is 21.9 Å². The lowest BCUT2D eigenvalue weighted by Gasteiger charge is -2.36. The van der Waals surface area contributed by atoms with Gasteiger partial charge in [-0.2, -0.15) is 0 Å². The van der Waals surface area contributed by atoms with Crippen LogP contribution in [0.4, 0.5) is 15.5 Å². The molecule has 0 bridgehead atoms. The lowest BCUT2D eigenvalue weighted by Crippen LogP contribution is -2.45. The van der Waals surface area contributed by atoms with Crippen LogP contribution in [0.3, 0.4) is 0 Å². The van der Waals surface area contributed by atoms with Gasteiger partial charge in [0.15, 0.2) is 0 Å². The fraction of sp³-hybridized carbons (Fsp3) is 0.472. The maximum atomic E-state index is 13.1. The molecule has 2 unspecified atom stereocenters. The predicted octanol–water partition coefficient (Wildman–Crippen LogP) is 7.95. The van der Waals surface area contributed by atoms with Gasteiger partial charge in [-0.05, 0) is 95.5 Å². The summed E-state index contributed by atoms with van der Waals surface area (Å²) in [6.45, 7) is 14.3. The van der Waals surface area contributed by atoms with E-state index in [4.69, 9.17) is 14.5 Å². The summed E-state index contributed by atoms with van der Waals surface area (Å²) in [6, 6.07) is 12.5. The first-order valence-electron chi connectivity index (χ1n) is 16.4. The van der Waals surface area contributed by atoms with E-state index in [0.29, 0.717) is 19.0 Å². The van der Waals surface area contributed by atoms with Crippen LogP contribution >= 0.6 is 11.8 Å². The number of ether oxygens (including phenoxy) is 2. The number of hydrogen-bond donors (Lipinski definition) is 3. The van der Waals surface area contributed by atoms with Crippen LogP contribution in [0, 0.1) is 0 Å². The Balaban J connectivity index is 1.26. The summed E-state index contributed by atoms with van der Waals surface area (Å²) in [5.41, 5.74) is 2.69. The first-order chi connectivity index (χ1) is 22.7. The maximum absolute atomic E-state index is 13.1. The number of hydrogen-bond acceptors (Lipinski definition) is 9. The molecule has 1 aliphatic rings. The Bertz CT molecular complexity index is 1750. The number of anilines is 1. The zero-order valence-corrected chi connectivity index (χ0v) is 30.0. The number of benzene rings is 2. The van der Waals surface area contributed by atoms with Gasteiger partial charge in [0.25, 0.3) is 0 Å². The molecule has 2 amide bonds. The number of carbonyl (C=O) groups excluding carboxylic acids is 2. The van der Waals surface area contributed by atoms with Crippen LogP contribution in [0.15, 0.2) is 55.0 Å². The molecular weight excluding hydrogens is 627 g/mol. The van der Waals surface area contributed by atoms with Gasteiger partial charge in [-0.3, -0.25) is 4.90 Å². The first-order valence-corrected chi connectivity index (χ1v) is 17.6. The summed E-state index contributed by atoms with van der Waals surface area (Å²) in [4.78, 5) is 43.8. The highest BCUT2D eigenvalue weighted by Gasteiger charge is 2.48. The van der Waals surface area contributed by atoms with E-state index < -0.39 is 22.2 Å².